The van der Waals surface area contributed by atoms with Crippen LogP contribution in [0.5, 0.6) is 0 Å². The summed E-state index contributed by atoms with van der Waals surface area (Å²) in [5, 5.41) is 3.02. The highest BCUT2D eigenvalue weighted by molar-refractivity contribution is 4.79. The van der Waals surface area contributed by atoms with Crippen molar-refractivity contribution in [3.8, 4) is 0 Å². The number of nitrogens with one attached hydrogen (secondary N) is 1. The van der Waals surface area contributed by atoms with Gasteiger partial charge in [0.2, 0.25) is 0 Å². The number of hydrogen-bond acceptors (Lipinski definition) is 2. The summed E-state index contributed by atoms with van der Waals surface area (Å²) in [7, 11) is 0. The van der Waals surface area contributed by atoms with Crippen LogP contribution in [0.3, 0.4) is 0 Å². The molecule has 0 aromatic rings. The Kier molecular flexibility index (Phi) is 6.21. The highest BCUT2D eigenvalue weighted by atomic mass is 19.3. The first-order chi connectivity index (χ1) is 7.63. The average Bonchev–Trinajstić information content (AvgIpc) is 2.28. The fraction of sp³-hybridized carbons (Fsp3) is 1.00. The lowest BCUT2D eigenvalue weighted by Crippen LogP contribution is -2.47. The van der Waals surface area contributed by atoms with Gasteiger partial charge in [0.1, 0.15) is 0 Å². The van der Waals surface area contributed by atoms with Crippen LogP contribution in [0.2, 0.25) is 0 Å². The lowest BCUT2D eigenvalue weighted by atomic mass is 10.0. The van der Waals surface area contributed by atoms with E-state index in [9.17, 15) is 8.78 Å². The molecule has 0 saturated carbocycles. The molecule has 0 aromatic heterocycles. The number of alkyl halides is 2. The minimum absolute atomic E-state index is 0.280. The highest BCUT2D eigenvalue weighted by Gasteiger charge is 2.23. The van der Waals surface area contributed by atoms with E-state index < -0.39 is 12.5 Å². The Hall–Kier alpha value is -0.220. The number of hydrogen-bond donors (Lipinski definition) is 1. The van der Waals surface area contributed by atoms with Crippen LogP contribution in [-0.4, -0.2) is 43.0 Å². The van der Waals surface area contributed by atoms with Gasteiger partial charge in [-0.1, -0.05) is 13.3 Å². The SMILES string of the molecule is CCCCN1CCC(NC(C)C(F)F)CC1. The van der Waals surface area contributed by atoms with E-state index in [1.807, 2.05) is 0 Å². The molecule has 0 radical (unpaired) electrons. The van der Waals surface area contributed by atoms with E-state index in [1.54, 1.807) is 6.92 Å². The monoisotopic (exact) mass is 234 g/mol. The third-order valence-corrected chi connectivity index (χ3v) is 3.29. The smallest absolute Gasteiger partial charge is 0.253 e. The van der Waals surface area contributed by atoms with Gasteiger partial charge in [-0.2, -0.15) is 0 Å². The standard InChI is InChI=1S/C12H24F2N2/c1-3-4-7-16-8-5-11(6-9-16)15-10(2)12(13)14/h10-12,15H,3-9H2,1-2H3. The van der Waals surface area contributed by atoms with Crippen LogP contribution in [0.1, 0.15) is 39.5 Å². The lowest BCUT2D eigenvalue weighted by molar-refractivity contribution is 0.0901. The van der Waals surface area contributed by atoms with Gasteiger partial charge in [0.15, 0.2) is 0 Å². The Morgan fingerprint density at radius 2 is 1.94 bits per heavy atom. The molecule has 16 heavy (non-hydrogen) atoms. The van der Waals surface area contributed by atoms with Crippen molar-refractivity contribution in [2.24, 2.45) is 0 Å². The zero-order chi connectivity index (χ0) is 12.0. The van der Waals surface area contributed by atoms with E-state index in [0.29, 0.717) is 0 Å². The zero-order valence-electron chi connectivity index (χ0n) is 10.4. The van der Waals surface area contributed by atoms with Crippen LogP contribution >= 0.6 is 0 Å². The molecular formula is C12H24F2N2. The molecule has 1 atom stereocenters. The third kappa shape index (κ3) is 4.74. The highest BCUT2D eigenvalue weighted by Crippen LogP contribution is 2.13. The maximum Gasteiger partial charge on any atom is 0.253 e. The van der Waals surface area contributed by atoms with Crippen LogP contribution < -0.4 is 5.32 Å². The molecule has 1 aliphatic rings. The first kappa shape index (κ1) is 13.8. The summed E-state index contributed by atoms with van der Waals surface area (Å²) in [4.78, 5) is 2.44. The number of nitrogens with zero attached hydrogens (tertiary/aromatic N) is 1. The molecule has 1 heterocycles. The summed E-state index contributed by atoms with van der Waals surface area (Å²) in [6.07, 6.45) is 2.21. The van der Waals surface area contributed by atoms with Gasteiger partial charge in [-0.15, -0.1) is 0 Å². The number of rotatable bonds is 6. The van der Waals surface area contributed by atoms with Gasteiger partial charge in [0, 0.05) is 6.04 Å². The predicted octanol–water partition coefficient (Wildman–Crippen LogP) is 2.49. The van der Waals surface area contributed by atoms with Gasteiger partial charge in [-0.3, -0.25) is 0 Å². The van der Waals surface area contributed by atoms with E-state index in [-0.39, 0.29) is 6.04 Å². The Bertz CT molecular complexity index is 180. The molecule has 1 saturated heterocycles. The Labute approximate surface area is 97.4 Å². The van der Waals surface area contributed by atoms with Crippen molar-refractivity contribution in [1.29, 1.82) is 0 Å². The summed E-state index contributed by atoms with van der Waals surface area (Å²) in [5.41, 5.74) is 0. The van der Waals surface area contributed by atoms with Crippen LogP contribution in [0.15, 0.2) is 0 Å². The van der Waals surface area contributed by atoms with Gasteiger partial charge in [0.25, 0.3) is 6.43 Å². The summed E-state index contributed by atoms with van der Waals surface area (Å²) < 4.78 is 24.7. The quantitative estimate of drug-likeness (QED) is 0.759. The Balaban J connectivity index is 2.16. The molecule has 1 fully saturated rings. The third-order valence-electron chi connectivity index (χ3n) is 3.29. The van der Waals surface area contributed by atoms with E-state index in [1.165, 1.54) is 12.8 Å². The molecular weight excluding hydrogens is 210 g/mol. The molecule has 1 rings (SSSR count). The Morgan fingerprint density at radius 3 is 2.44 bits per heavy atom. The van der Waals surface area contributed by atoms with Gasteiger partial charge < -0.3 is 10.2 Å². The van der Waals surface area contributed by atoms with Crippen LogP contribution in [-0.2, 0) is 0 Å². The van der Waals surface area contributed by atoms with Gasteiger partial charge in [0.05, 0.1) is 6.04 Å². The topological polar surface area (TPSA) is 15.3 Å². The second-order valence-corrected chi connectivity index (χ2v) is 4.76. The van der Waals surface area contributed by atoms with Crippen LogP contribution in [0, 0.1) is 0 Å². The largest absolute Gasteiger partial charge is 0.306 e. The fourth-order valence-corrected chi connectivity index (χ4v) is 2.15. The molecule has 96 valence electrons. The number of piperidine rings is 1. The van der Waals surface area contributed by atoms with Gasteiger partial charge in [-0.05, 0) is 45.8 Å². The van der Waals surface area contributed by atoms with Crippen molar-refractivity contribution >= 4 is 0 Å². The fourth-order valence-electron chi connectivity index (χ4n) is 2.15. The minimum Gasteiger partial charge on any atom is -0.306 e. The molecule has 0 aromatic carbocycles. The summed E-state index contributed by atoms with van der Waals surface area (Å²) >= 11 is 0. The predicted molar refractivity (Wildman–Crippen MR) is 63.0 cm³/mol. The molecule has 0 spiro atoms. The average molecular weight is 234 g/mol. The molecule has 0 bridgehead atoms. The molecule has 1 aliphatic heterocycles. The molecule has 0 amide bonds. The van der Waals surface area contributed by atoms with Crippen molar-refractivity contribution in [2.45, 2.75) is 58.0 Å². The van der Waals surface area contributed by atoms with E-state index in [0.717, 1.165) is 32.5 Å². The number of halogens is 2. The molecule has 0 aliphatic carbocycles. The van der Waals surface area contributed by atoms with E-state index in [4.69, 9.17) is 0 Å². The molecule has 4 heteroatoms. The summed E-state index contributed by atoms with van der Waals surface area (Å²) in [6, 6.07) is -0.394. The summed E-state index contributed by atoms with van der Waals surface area (Å²) in [6.45, 7) is 7.02. The van der Waals surface area contributed by atoms with Gasteiger partial charge >= 0.3 is 0 Å². The van der Waals surface area contributed by atoms with Crippen molar-refractivity contribution in [2.75, 3.05) is 19.6 Å². The van der Waals surface area contributed by atoms with E-state index >= 15 is 0 Å². The molecule has 1 N–H and O–H groups in total. The van der Waals surface area contributed by atoms with Crippen molar-refractivity contribution in [1.82, 2.24) is 10.2 Å². The van der Waals surface area contributed by atoms with Crippen LogP contribution in [0.25, 0.3) is 0 Å². The van der Waals surface area contributed by atoms with Crippen molar-refractivity contribution in [3.63, 3.8) is 0 Å². The number of unbranched alkanes of at least 4 members (excludes halogenated alkanes) is 1. The lowest BCUT2D eigenvalue weighted by Gasteiger charge is -2.33. The van der Waals surface area contributed by atoms with E-state index in [2.05, 4.69) is 17.1 Å². The summed E-state index contributed by atoms with van der Waals surface area (Å²) in [5.74, 6) is 0. The van der Waals surface area contributed by atoms with Gasteiger partial charge in [-0.25, -0.2) is 8.78 Å². The second kappa shape index (κ2) is 7.17. The van der Waals surface area contributed by atoms with Crippen LogP contribution in [0.4, 0.5) is 8.78 Å². The minimum atomic E-state index is -2.25. The maximum absolute atomic E-state index is 12.4. The Morgan fingerprint density at radius 1 is 1.31 bits per heavy atom. The molecule has 2 nitrogen and oxygen atoms in total. The first-order valence-electron chi connectivity index (χ1n) is 6.40. The van der Waals surface area contributed by atoms with Crippen molar-refractivity contribution in [3.05, 3.63) is 0 Å². The second-order valence-electron chi connectivity index (χ2n) is 4.76. The van der Waals surface area contributed by atoms with Crippen molar-refractivity contribution < 1.29 is 8.78 Å². The first-order valence-corrected chi connectivity index (χ1v) is 6.40. The maximum atomic E-state index is 12.4. The zero-order valence-corrected chi connectivity index (χ0v) is 10.4. The molecule has 1 unspecified atom stereocenters. The normalized spacial score (nSPS) is 21.6. The number of likely N-dealkylation sites (tertiary alicyclic amines) is 1.